The molecule has 13 heteroatoms. The van der Waals surface area contributed by atoms with Gasteiger partial charge in [0.1, 0.15) is 5.69 Å². The summed E-state index contributed by atoms with van der Waals surface area (Å²) in [5.74, 6) is -0.582. The normalized spacial score (nSPS) is 11.1. The first-order valence-electron chi connectivity index (χ1n) is 9.78. The molecule has 4 N–H and O–H groups in total. The van der Waals surface area contributed by atoms with Crippen LogP contribution in [0.3, 0.4) is 0 Å². The quantitative estimate of drug-likeness (QED) is 0.283. The highest BCUT2D eigenvalue weighted by molar-refractivity contribution is 7.92. The summed E-state index contributed by atoms with van der Waals surface area (Å²) in [5, 5.41) is 3.21. The average Bonchev–Trinajstić information content (AvgIpc) is 3.11. The maximum Gasteiger partial charge on any atom is 0.299 e. The number of hydrogen-bond acceptors (Lipinski definition) is 8. The maximum atomic E-state index is 12.7. The number of anilines is 3. The molecule has 0 aliphatic heterocycles. The molecule has 2 aromatic heterocycles. The number of carbonyl (C=O) groups excluding carboxylic acids is 1. The number of hydrazine groups is 1. The molecule has 0 amide bonds. The van der Waals surface area contributed by atoms with E-state index in [0.717, 1.165) is 4.68 Å². The minimum absolute atomic E-state index is 0.000699. The molecule has 0 saturated carbocycles. The van der Waals surface area contributed by atoms with E-state index in [2.05, 4.69) is 30.6 Å². The number of benzene rings is 2. The lowest BCUT2D eigenvalue weighted by Crippen LogP contribution is -2.27. The summed E-state index contributed by atoms with van der Waals surface area (Å²) in [4.78, 5) is 33.1. The van der Waals surface area contributed by atoms with E-state index in [1.54, 1.807) is 25.1 Å². The molecule has 0 fully saturated rings. The average molecular weight is 500 g/mol. The fraction of sp³-hybridized carbons (Fsp3) is 0.0476. The number of sulfonamides is 1. The van der Waals surface area contributed by atoms with Gasteiger partial charge in [0.15, 0.2) is 0 Å². The van der Waals surface area contributed by atoms with E-state index < -0.39 is 21.5 Å². The third-order valence-corrected chi connectivity index (χ3v) is 6.25. The number of halogens is 1. The summed E-state index contributed by atoms with van der Waals surface area (Å²) < 4.78 is 28.1. The minimum atomic E-state index is -3.87. The lowest BCUT2D eigenvalue weighted by molar-refractivity contribution is 0.0941. The van der Waals surface area contributed by atoms with Crippen molar-refractivity contribution in [2.45, 2.75) is 11.8 Å². The van der Waals surface area contributed by atoms with Crippen molar-refractivity contribution in [2.75, 3.05) is 15.6 Å². The van der Waals surface area contributed by atoms with Gasteiger partial charge >= 0.3 is 0 Å². The van der Waals surface area contributed by atoms with Gasteiger partial charge < -0.3 is 5.43 Å². The zero-order valence-electron chi connectivity index (χ0n) is 17.6. The van der Waals surface area contributed by atoms with Gasteiger partial charge in [-0.2, -0.15) is 4.68 Å². The van der Waals surface area contributed by atoms with Crippen LogP contribution in [0.15, 0.2) is 76.7 Å². The predicted molar refractivity (Wildman–Crippen MR) is 127 cm³/mol. The number of nitrogens with one attached hydrogen (secondary N) is 4. The highest BCUT2D eigenvalue weighted by Gasteiger charge is 2.18. The van der Waals surface area contributed by atoms with Crippen LogP contribution in [0.4, 0.5) is 17.3 Å². The van der Waals surface area contributed by atoms with Crippen molar-refractivity contribution < 1.29 is 13.2 Å². The number of rotatable bonds is 7. The number of nitrogens with zero attached hydrogens (tertiary/aromatic N) is 3. The zero-order valence-corrected chi connectivity index (χ0v) is 19.2. The Labute approximate surface area is 198 Å². The Morgan fingerprint density at radius 2 is 1.65 bits per heavy atom. The van der Waals surface area contributed by atoms with Crippen LogP contribution in [0.25, 0.3) is 0 Å². The van der Waals surface area contributed by atoms with Crippen LogP contribution in [-0.2, 0) is 10.0 Å². The van der Waals surface area contributed by atoms with Gasteiger partial charge in [0.25, 0.3) is 21.5 Å². The summed E-state index contributed by atoms with van der Waals surface area (Å²) in [7, 11) is -3.87. The molecule has 34 heavy (non-hydrogen) atoms. The largest absolute Gasteiger partial charge is 0.301 e. The SMILES string of the molecule is Cc1[nH]n(C(=O)c2ccc(Cl)cc2)c(=O)c1NNc1ccc(S(=O)(=O)Nc2ncccn2)cc1. The molecule has 0 radical (unpaired) electrons. The molecule has 0 bridgehead atoms. The molecular weight excluding hydrogens is 482 g/mol. The van der Waals surface area contributed by atoms with E-state index in [0.29, 0.717) is 22.0 Å². The molecule has 2 aromatic carbocycles. The summed E-state index contributed by atoms with van der Waals surface area (Å²) in [6.45, 7) is 1.63. The number of aromatic nitrogens is 4. The first-order valence-corrected chi connectivity index (χ1v) is 11.6. The molecule has 0 aliphatic rings. The molecule has 11 nitrogen and oxygen atoms in total. The molecule has 0 spiro atoms. The molecule has 0 unspecified atom stereocenters. The second kappa shape index (κ2) is 9.37. The van der Waals surface area contributed by atoms with Crippen molar-refractivity contribution in [1.82, 2.24) is 19.7 Å². The Balaban J connectivity index is 1.46. The van der Waals surface area contributed by atoms with Gasteiger partial charge in [-0.05, 0) is 61.5 Å². The van der Waals surface area contributed by atoms with Crippen LogP contribution in [0.1, 0.15) is 16.1 Å². The number of hydrogen-bond donors (Lipinski definition) is 4. The summed E-state index contributed by atoms with van der Waals surface area (Å²) in [5.41, 5.74) is 6.31. The molecule has 174 valence electrons. The fourth-order valence-electron chi connectivity index (χ4n) is 2.94. The minimum Gasteiger partial charge on any atom is -0.301 e. The Bertz CT molecular complexity index is 1480. The van der Waals surface area contributed by atoms with Gasteiger partial charge in [0.05, 0.1) is 16.3 Å². The number of aryl methyl sites for hydroxylation is 1. The standard InChI is InChI=1S/C21H18ClN7O4S/c1-13-18(20(31)29(27-13)19(30)14-3-5-15(22)6-4-14)26-25-16-7-9-17(10-8-16)34(32,33)28-21-23-11-2-12-24-21/h2-12,25-27H,1H3,(H,23,24,28). The van der Waals surface area contributed by atoms with E-state index >= 15 is 0 Å². The number of aromatic amines is 1. The van der Waals surface area contributed by atoms with Crippen LogP contribution in [0.2, 0.25) is 5.02 Å². The first kappa shape index (κ1) is 23.0. The van der Waals surface area contributed by atoms with Crippen molar-refractivity contribution in [3.63, 3.8) is 0 Å². The van der Waals surface area contributed by atoms with E-state index in [1.165, 1.54) is 48.8 Å². The molecule has 0 atom stereocenters. The third kappa shape index (κ3) is 4.92. The number of carbonyl (C=O) groups is 1. The van der Waals surface area contributed by atoms with Crippen LogP contribution >= 0.6 is 11.6 Å². The maximum absolute atomic E-state index is 12.7. The second-order valence-electron chi connectivity index (χ2n) is 7.02. The predicted octanol–water partition coefficient (Wildman–Crippen LogP) is 2.86. The van der Waals surface area contributed by atoms with Gasteiger partial charge in [0.2, 0.25) is 5.95 Å². The molecule has 0 saturated heterocycles. The van der Waals surface area contributed by atoms with Gasteiger partial charge in [-0.3, -0.25) is 20.1 Å². The van der Waals surface area contributed by atoms with Crippen LogP contribution in [0.5, 0.6) is 0 Å². The van der Waals surface area contributed by atoms with Crippen molar-refractivity contribution in [3.8, 4) is 0 Å². The highest BCUT2D eigenvalue weighted by Crippen LogP contribution is 2.17. The van der Waals surface area contributed by atoms with Crippen molar-refractivity contribution in [2.24, 2.45) is 0 Å². The number of H-pyrrole nitrogens is 1. The summed E-state index contributed by atoms with van der Waals surface area (Å²) >= 11 is 5.85. The van der Waals surface area contributed by atoms with Crippen LogP contribution in [-0.4, -0.2) is 34.1 Å². The highest BCUT2D eigenvalue weighted by atomic mass is 35.5. The second-order valence-corrected chi connectivity index (χ2v) is 9.14. The van der Waals surface area contributed by atoms with E-state index in [4.69, 9.17) is 11.6 Å². The Hall–Kier alpha value is -4.16. The first-order chi connectivity index (χ1) is 16.2. The zero-order chi connectivity index (χ0) is 24.3. The molecular formula is C21H18ClN7O4S. The van der Waals surface area contributed by atoms with E-state index in [9.17, 15) is 18.0 Å². The lowest BCUT2D eigenvalue weighted by Gasteiger charge is -2.10. The Morgan fingerprint density at radius 1 is 1.00 bits per heavy atom. The van der Waals surface area contributed by atoms with Gasteiger partial charge in [0, 0.05) is 23.0 Å². The summed E-state index contributed by atoms with van der Waals surface area (Å²) in [6.07, 6.45) is 2.84. The molecule has 4 aromatic rings. The topological polar surface area (TPSA) is 151 Å². The fourth-order valence-corrected chi connectivity index (χ4v) is 4.03. The Kier molecular flexibility index (Phi) is 6.34. The van der Waals surface area contributed by atoms with Crippen LogP contribution < -0.4 is 21.1 Å². The Morgan fingerprint density at radius 3 is 2.29 bits per heavy atom. The van der Waals surface area contributed by atoms with Gasteiger partial charge in [-0.15, -0.1) is 0 Å². The smallest absolute Gasteiger partial charge is 0.299 e. The van der Waals surface area contributed by atoms with Gasteiger partial charge in [-0.1, -0.05) is 11.6 Å². The molecule has 2 heterocycles. The van der Waals surface area contributed by atoms with Crippen molar-refractivity contribution >= 4 is 44.9 Å². The van der Waals surface area contributed by atoms with Crippen LogP contribution in [0, 0.1) is 6.92 Å². The van der Waals surface area contributed by atoms with E-state index in [-0.39, 0.29) is 16.5 Å². The molecule has 0 aliphatic carbocycles. The van der Waals surface area contributed by atoms with Crippen molar-refractivity contribution in [1.29, 1.82) is 0 Å². The van der Waals surface area contributed by atoms with Gasteiger partial charge in [-0.25, -0.2) is 23.1 Å². The monoisotopic (exact) mass is 499 g/mol. The lowest BCUT2D eigenvalue weighted by atomic mass is 10.2. The molecule has 4 rings (SSSR count). The van der Waals surface area contributed by atoms with Crippen molar-refractivity contribution in [3.05, 3.63) is 93.6 Å². The third-order valence-electron chi connectivity index (χ3n) is 4.65. The summed E-state index contributed by atoms with van der Waals surface area (Å²) in [6, 6.07) is 13.5. The van der Waals surface area contributed by atoms with E-state index in [1.807, 2.05) is 0 Å².